The van der Waals surface area contributed by atoms with Gasteiger partial charge in [0.1, 0.15) is 17.5 Å². The summed E-state index contributed by atoms with van der Waals surface area (Å²) < 4.78 is 46.1. The van der Waals surface area contributed by atoms with Gasteiger partial charge in [-0.1, -0.05) is 58.3 Å². The van der Waals surface area contributed by atoms with Crippen molar-refractivity contribution in [3.63, 3.8) is 0 Å². The molecule has 162 valence electrons. The Labute approximate surface area is 170 Å². The van der Waals surface area contributed by atoms with Crippen molar-refractivity contribution in [1.82, 2.24) is 0 Å². The van der Waals surface area contributed by atoms with Crippen molar-refractivity contribution in [1.29, 1.82) is 0 Å². The highest BCUT2D eigenvalue weighted by Gasteiger charge is 2.28. The van der Waals surface area contributed by atoms with Gasteiger partial charge in [-0.05, 0) is 45.4 Å². The predicted molar refractivity (Wildman–Crippen MR) is 111 cm³/mol. The third-order valence-corrected chi connectivity index (χ3v) is 6.00. The van der Waals surface area contributed by atoms with Gasteiger partial charge in [0, 0.05) is 24.8 Å². The first-order valence-corrected chi connectivity index (χ1v) is 11.0. The minimum absolute atomic E-state index is 0.00208. The summed E-state index contributed by atoms with van der Waals surface area (Å²) in [4.78, 5) is 0. The molecule has 0 amide bonds. The molecule has 0 saturated heterocycles. The Morgan fingerprint density at radius 1 is 0.821 bits per heavy atom. The molecule has 1 atom stereocenters. The lowest BCUT2D eigenvalue weighted by molar-refractivity contribution is -0.0352. The summed E-state index contributed by atoms with van der Waals surface area (Å²) in [6.45, 7) is 6.53. The van der Waals surface area contributed by atoms with E-state index in [0.717, 1.165) is 37.8 Å². The minimum Gasteiger partial charge on any atom is -0.379 e. The van der Waals surface area contributed by atoms with Crippen LogP contribution in [0.5, 0.6) is 0 Å². The first-order valence-electron chi connectivity index (χ1n) is 11.0. The van der Waals surface area contributed by atoms with Gasteiger partial charge in [0.2, 0.25) is 0 Å². The van der Waals surface area contributed by atoms with Crippen LogP contribution in [0.2, 0.25) is 0 Å². The van der Waals surface area contributed by atoms with Crippen molar-refractivity contribution in [2.24, 2.45) is 5.92 Å². The van der Waals surface area contributed by atoms with Crippen LogP contribution in [-0.2, 0) is 11.2 Å². The number of hydrogen-bond donors (Lipinski definition) is 0. The molecule has 0 fully saturated rings. The van der Waals surface area contributed by atoms with Crippen LogP contribution >= 0.6 is 0 Å². The molecule has 1 aromatic rings. The summed E-state index contributed by atoms with van der Waals surface area (Å²) in [6, 6.07) is 1.52. The lowest BCUT2D eigenvalue weighted by Gasteiger charge is -2.33. The summed E-state index contributed by atoms with van der Waals surface area (Å²) in [5.74, 6) is -1.93. The average molecular weight is 401 g/mol. The molecule has 1 aromatic carbocycles. The highest BCUT2D eigenvalue weighted by molar-refractivity contribution is 5.20. The molecule has 1 nitrogen and oxygen atoms in total. The van der Waals surface area contributed by atoms with Gasteiger partial charge in [-0.3, -0.25) is 0 Å². The summed E-state index contributed by atoms with van der Waals surface area (Å²) in [6.07, 6.45) is 12.9. The first-order chi connectivity index (χ1) is 13.3. The third-order valence-electron chi connectivity index (χ3n) is 6.00. The van der Waals surface area contributed by atoms with Crippen LogP contribution in [-0.4, -0.2) is 12.7 Å². The maximum absolute atomic E-state index is 13.7. The Morgan fingerprint density at radius 2 is 1.32 bits per heavy atom. The topological polar surface area (TPSA) is 9.23 Å². The fourth-order valence-electron chi connectivity index (χ4n) is 3.86. The predicted octanol–water partition coefficient (Wildman–Crippen LogP) is 8.00. The number of rotatable bonds is 15. The van der Waals surface area contributed by atoms with E-state index in [1.807, 2.05) is 0 Å². The molecule has 4 heteroatoms. The van der Waals surface area contributed by atoms with Crippen LogP contribution in [0.25, 0.3) is 0 Å². The Balaban J connectivity index is 2.38. The van der Waals surface area contributed by atoms with Crippen LogP contribution in [0.15, 0.2) is 12.1 Å². The largest absolute Gasteiger partial charge is 0.379 e. The van der Waals surface area contributed by atoms with Crippen molar-refractivity contribution in [2.45, 2.75) is 103 Å². The Kier molecular flexibility index (Phi) is 11.8. The van der Waals surface area contributed by atoms with Gasteiger partial charge in [-0.2, -0.15) is 0 Å². The van der Waals surface area contributed by atoms with Gasteiger partial charge in [0.15, 0.2) is 0 Å². The molecule has 1 unspecified atom stereocenters. The fourth-order valence-corrected chi connectivity index (χ4v) is 3.86. The summed E-state index contributed by atoms with van der Waals surface area (Å²) in [7, 11) is 1.77. The summed E-state index contributed by atoms with van der Waals surface area (Å²) >= 11 is 0. The van der Waals surface area contributed by atoms with E-state index in [1.165, 1.54) is 38.5 Å². The SMILES string of the molecule is CCCCCCCCC(CCCCCc1c(F)cc(F)cc1F)C(C)(C)OC. The standard InChI is InChI=1S/C24H39F3O/c1-5-6-7-8-9-11-14-19(24(2,3)28-4)15-12-10-13-16-21-22(26)17-20(25)18-23(21)27/h17-19H,5-16H2,1-4H3. The number of hydrogen-bond acceptors (Lipinski definition) is 1. The first kappa shape index (κ1) is 25.0. The van der Waals surface area contributed by atoms with Crippen LogP contribution in [0.3, 0.4) is 0 Å². The zero-order valence-corrected chi connectivity index (χ0v) is 18.3. The molecule has 0 heterocycles. The third kappa shape index (κ3) is 8.98. The van der Waals surface area contributed by atoms with Gasteiger partial charge in [-0.15, -0.1) is 0 Å². The second-order valence-electron chi connectivity index (χ2n) is 8.51. The van der Waals surface area contributed by atoms with Gasteiger partial charge in [0.25, 0.3) is 0 Å². The molecule has 28 heavy (non-hydrogen) atoms. The lowest BCUT2D eigenvalue weighted by atomic mass is 9.82. The van der Waals surface area contributed by atoms with Crippen molar-refractivity contribution >= 4 is 0 Å². The second kappa shape index (κ2) is 13.2. The fraction of sp³-hybridized carbons (Fsp3) is 0.750. The van der Waals surface area contributed by atoms with Crippen LogP contribution < -0.4 is 0 Å². The molecule has 0 saturated carbocycles. The molecular formula is C24H39F3O. The van der Waals surface area contributed by atoms with Crippen LogP contribution in [0, 0.1) is 23.4 Å². The minimum atomic E-state index is -0.863. The van der Waals surface area contributed by atoms with E-state index in [2.05, 4.69) is 20.8 Å². The van der Waals surface area contributed by atoms with E-state index in [4.69, 9.17) is 4.74 Å². The maximum atomic E-state index is 13.7. The molecule has 0 spiro atoms. The highest BCUT2D eigenvalue weighted by Crippen LogP contribution is 2.31. The molecule has 0 radical (unpaired) electrons. The Hall–Kier alpha value is -1.03. The smallest absolute Gasteiger partial charge is 0.132 e. The van der Waals surface area contributed by atoms with Gasteiger partial charge < -0.3 is 4.74 Å². The van der Waals surface area contributed by atoms with Crippen LogP contribution in [0.4, 0.5) is 13.2 Å². The zero-order valence-electron chi connectivity index (χ0n) is 18.3. The van der Waals surface area contributed by atoms with Gasteiger partial charge in [-0.25, -0.2) is 13.2 Å². The van der Waals surface area contributed by atoms with E-state index in [-0.39, 0.29) is 11.2 Å². The maximum Gasteiger partial charge on any atom is 0.132 e. The quantitative estimate of drug-likeness (QED) is 0.271. The molecule has 0 N–H and O–H groups in total. The normalized spacial score (nSPS) is 13.1. The summed E-state index contributed by atoms with van der Waals surface area (Å²) in [5, 5.41) is 0. The molecule has 1 rings (SSSR count). The number of benzene rings is 1. The highest BCUT2D eigenvalue weighted by atomic mass is 19.1. The number of methoxy groups -OCH3 is 1. The van der Waals surface area contributed by atoms with Crippen molar-refractivity contribution in [2.75, 3.05) is 7.11 Å². The van der Waals surface area contributed by atoms with Crippen molar-refractivity contribution < 1.29 is 17.9 Å². The van der Waals surface area contributed by atoms with Gasteiger partial charge >= 0.3 is 0 Å². The van der Waals surface area contributed by atoms with Gasteiger partial charge in [0.05, 0.1) is 5.60 Å². The second-order valence-corrected chi connectivity index (χ2v) is 8.51. The van der Waals surface area contributed by atoms with E-state index in [1.54, 1.807) is 7.11 Å². The van der Waals surface area contributed by atoms with E-state index in [0.29, 0.717) is 18.8 Å². The van der Waals surface area contributed by atoms with E-state index in [9.17, 15) is 13.2 Å². The zero-order chi connectivity index (χ0) is 21.0. The molecule has 0 aromatic heterocycles. The van der Waals surface area contributed by atoms with Crippen molar-refractivity contribution in [3.05, 3.63) is 35.1 Å². The number of ether oxygens (including phenoxy) is 1. The Bertz CT molecular complexity index is 534. The molecule has 0 aliphatic carbocycles. The molecular weight excluding hydrogens is 361 g/mol. The van der Waals surface area contributed by atoms with E-state index >= 15 is 0 Å². The average Bonchev–Trinajstić information content (AvgIpc) is 2.64. The van der Waals surface area contributed by atoms with E-state index < -0.39 is 17.5 Å². The monoisotopic (exact) mass is 400 g/mol. The molecule has 0 aliphatic heterocycles. The molecule has 0 bridgehead atoms. The Morgan fingerprint density at radius 3 is 1.86 bits per heavy atom. The van der Waals surface area contributed by atoms with Crippen molar-refractivity contribution in [3.8, 4) is 0 Å². The van der Waals surface area contributed by atoms with Crippen LogP contribution in [0.1, 0.15) is 97.0 Å². The number of halogens is 3. The summed E-state index contributed by atoms with van der Waals surface area (Å²) in [5.41, 5.74) is -0.152. The number of unbranched alkanes of at least 4 members (excludes halogenated alkanes) is 7. The lowest BCUT2D eigenvalue weighted by Crippen LogP contribution is -2.33. The molecule has 0 aliphatic rings.